The second kappa shape index (κ2) is 6.84. The average Bonchev–Trinajstić information content (AvgIpc) is 2.40. The van der Waals surface area contributed by atoms with Gasteiger partial charge in [0.1, 0.15) is 5.75 Å². The van der Waals surface area contributed by atoms with Gasteiger partial charge in [0, 0.05) is 10.7 Å². The minimum absolute atomic E-state index is 0.190. The van der Waals surface area contributed by atoms with Gasteiger partial charge in [-0.2, -0.15) is 0 Å². The first-order chi connectivity index (χ1) is 10.3. The lowest BCUT2D eigenvalue weighted by Gasteiger charge is -2.16. The lowest BCUT2D eigenvalue weighted by Crippen LogP contribution is -2.30. The third kappa shape index (κ3) is 4.25. The molecule has 0 saturated heterocycles. The van der Waals surface area contributed by atoms with Crippen molar-refractivity contribution in [1.82, 2.24) is 0 Å². The second-order valence-electron chi connectivity index (χ2n) is 5.53. The van der Waals surface area contributed by atoms with Crippen molar-refractivity contribution in [3.8, 4) is 5.75 Å². The summed E-state index contributed by atoms with van der Waals surface area (Å²) in [7, 11) is 0. The maximum atomic E-state index is 12.3. The summed E-state index contributed by atoms with van der Waals surface area (Å²) in [5.41, 5.74) is 3.87. The number of benzene rings is 2. The van der Waals surface area contributed by atoms with Crippen LogP contribution in [0.5, 0.6) is 5.75 Å². The molecule has 2 aromatic rings. The van der Waals surface area contributed by atoms with Crippen LogP contribution in [0.25, 0.3) is 0 Å². The summed E-state index contributed by atoms with van der Waals surface area (Å²) in [5.74, 6) is 0.512. The summed E-state index contributed by atoms with van der Waals surface area (Å²) < 4.78 is 5.74. The highest BCUT2D eigenvalue weighted by Crippen LogP contribution is 2.21. The third-order valence-electron chi connectivity index (χ3n) is 3.32. The van der Waals surface area contributed by atoms with Crippen LogP contribution in [0, 0.1) is 20.8 Å². The average molecular weight is 318 g/mol. The van der Waals surface area contributed by atoms with Gasteiger partial charge in [0.2, 0.25) is 0 Å². The molecule has 2 rings (SSSR count). The zero-order chi connectivity index (χ0) is 16.3. The summed E-state index contributed by atoms with van der Waals surface area (Å²) in [6.07, 6.45) is -0.587. The molecular formula is C18H20ClNO2. The van der Waals surface area contributed by atoms with Crippen molar-refractivity contribution in [3.05, 3.63) is 58.1 Å². The van der Waals surface area contributed by atoms with Crippen LogP contribution in [-0.2, 0) is 4.79 Å². The number of hydrogen-bond acceptors (Lipinski definition) is 2. The molecule has 2 aromatic carbocycles. The molecule has 0 radical (unpaired) electrons. The van der Waals surface area contributed by atoms with Crippen LogP contribution in [0.4, 0.5) is 5.69 Å². The van der Waals surface area contributed by atoms with Crippen molar-refractivity contribution in [3.63, 3.8) is 0 Å². The van der Waals surface area contributed by atoms with Crippen LogP contribution in [0.3, 0.4) is 0 Å². The van der Waals surface area contributed by atoms with E-state index in [-0.39, 0.29) is 5.91 Å². The number of ether oxygens (including phenoxy) is 1. The first-order valence-electron chi connectivity index (χ1n) is 7.17. The molecule has 22 heavy (non-hydrogen) atoms. The highest BCUT2D eigenvalue weighted by Gasteiger charge is 2.16. The van der Waals surface area contributed by atoms with E-state index >= 15 is 0 Å². The standard InChI is InChI=1S/C18H20ClNO2/c1-11-7-12(2)9-16(8-11)22-14(4)18(21)20-17-6-5-15(19)10-13(17)3/h5-10,14H,1-4H3,(H,20,21). The Morgan fingerprint density at radius 2 is 1.73 bits per heavy atom. The van der Waals surface area contributed by atoms with Crippen LogP contribution in [0.2, 0.25) is 5.02 Å². The van der Waals surface area contributed by atoms with Gasteiger partial charge >= 0.3 is 0 Å². The molecule has 0 saturated carbocycles. The molecule has 1 unspecified atom stereocenters. The number of carbonyl (C=O) groups excluding carboxylic acids is 1. The number of halogens is 1. The van der Waals surface area contributed by atoms with Crippen LogP contribution < -0.4 is 10.1 Å². The van der Waals surface area contributed by atoms with Crippen molar-refractivity contribution >= 4 is 23.2 Å². The van der Waals surface area contributed by atoms with Gasteiger partial charge < -0.3 is 10.1 Å². The van der Waals surface area contributed by atoms with Crippen LogP contribution in [-0.4, -0.2) is 12.0 Å². The Morgan fingerprint density at radius 3 is 2.32 bits per heavy atom. The van der Waals surface area contributed by atoms with Gasteiger partial charge in [-0.25, -0.2) is 0 Å². The Labute approximate surface area is 136 Å². The molecule has 0 heterocycles. The molecule has 0 spiro atoms. The number of hydrogen-bond donors (Lipinski definition) is 1. The van der Waals surface area contributed by atoms with Crippen LogP contribution >= 0.6 is 11.6 Å². The minimum Gasteiger partial charge on any atom is -0.481 e. The minimum atomic E-state index is -0.587. The molecule has 116 valence electrons. The van der Waals surface area contributed by atoms with Crippen molar-refractivity contribution in [1.29, 1.82) is 0 Å². The zero-order valence-corrected chi connectivity index (χ0v) is 14.0. The number of nitrogens with one attached hydrogen (secondary N) is 1. The molecule has 3 nitrogen and oxygen atoms in total. The van der Waals surface area contributed by atoms with Gasteiger partial charge in [0.05, 0.1) is 0 Å². The fourth-order valence-electron chi connectivity index (χ4n) is 2.26. The highest BCUT2D eigenvalue weighted by molar-refractivity contribution is 6.30. The van der Waals surface area contributed by atoms with Gasteiger partial charge in [-0.1, -0.05) is 17.7 Å². The van der Waals surface area contributed by atoms with Crippen LogP contribution in [0.1, 0.15) is 23.6 Å². The highest BCUT2D eigenvalue weighted by atomic mass is 35.5. The first kappa shape index (κ1) is 16.4. The number of anilines is 1. The Hall–Kier alpha value is -2.00. The Morgan fingerprint density at radius 1 is 1.09 bits per heavy atom. The van der Waals surface area contributed by atoms with E-state index in [1.54, 1.807) is 19.1 Å². The number of carbonyl (C=O) groups is 1. The molecular weight excluding hydrogens is 298 g/mol. The first-order valence-corrected chi connectivity index (χ1v) is 7.55. The second-order valence-corrected chi connectivity index (χ2v) is 5.97. The van der Waals surface area contributed by atoms with Crippen molar-refractivity contribution in [2.75, 3.05) is 5.32 Å². The normalized spacial score (nSPS) is 11.9. The SMILES string of the molecule is Cc1cc(C)cc(OC(C)C(=O)Nc2ccc(Cl)cc2C)c1. The topological polar surface area (TPSA) is 38.3 Å². The molecule has 1 N–H and O–H groups in total. The Bertz CT molecular complexity index is 677. The van der Waals surface area contributed by atoms with Crippen molar-refractivity contribution in [2.24, 2.45) is 0 Å². The molecule has 0 aliphatic rings. The van der Waals surface area contributed by atoms with Gasteiger partial charge in [-0.3, -0.25) is 4.79 Å². The van der Waals surface area contributed by atoms with Gasteiger partial charge in [0.15, 0.2) is 6.10 Å². The van der Waals surface area contributed by atoms with E-state index < -0.39 is 6.10 Å². The van der Waals surface area contributed by atoms with Gasteiger partial charge in [0.25, 0.3) is 5.91 Å². The molecule has 0 fully saturated rings. The van der Waals surface area contributed by atoms with Crippen molar-refractivity contribution in [2.45, 2.75) is 33.8 Å². The molecule has 1 amide bonds. The molecule has 0 aliphatic carbocycles. The quantitative estimate of drug-likeness (QED) is 0.889. The zero-order valence-electron chi connectivity index (χ0n) is 13.2. The monoisotopic (exact) mass is 317 g/mol. The molecule has 1 atom stereocenters. The van der Waals surface area contributed by atoms with E-state index in [0.29, 0.717) is 10.8 Å². The number of rotatable bonds is 4. The summed E-state index contributed by atoms with van der Waals surface area (Å²) >= 11 is 5.92. The molecule has 0 bridgehead atoms. The Balaban J connectivity index is 2.05. The smallest absolute Gasteiger partial charge is 0.265 e. The lowest BCUT2D eigenvalue weighted by atomic mass is 10.1. The van der Waals surface area contributed by atoms with Crippen LogP contribution in [0.15, 0.2) is 36.4 Å². The molecule has 0 aliphatic heterocycles. The number of amides is 1. The predicted octanol–water partition coefficient (Wildman–Crippen LogP) is 4.67. The summed E-state index contributed by atoms with van der Waals surface area (Å²) in [6.45, 7) is 7.64. The molecule has 4 heteroatoms. The maximum Gasteiger partial charge on any atom is 0.265 e. The van der Waals surface area contributed by atoms with Crippen molar-refractivity contribution < 1.29 is 9.53 Å². The van der Waals surface area contributed by atoms with E-state index in [9.17, 15) is 4.79 Å². The van der Waals surface area contributed by atoms with E-state index in [4.69, 9.17) is 16.3 Å². The number of aryl methyl sites for hydroxylation is 3. The van der Waals surface area contributed by atoms with E-state index in [2.05, 4.69) is 11.4 Å². The lowest BCUT2D eigenvalue weighted by molar-refractivity contribution is -0.122. The molecule has 0 aromatic heterocycles. The summed E-state index contributed by atoms with van der Waals surface area (Å²) in [6, 6.07) is 11.3. The maximum absolute atomic E-state index is 12.3. The summed E-state index contributed by atoms with van der Waals surface area (Å²) in [5, 5.41) is 3.51. The van der Waals surface area contributed by atoms with Gasteiger partial charge in [-0.15, -0.1) is 0 Å². The summed E-state index contributed by atoms with van der Waals surface area (Å²) in [4.78, 5) is 12.3. The van der Waals surface area contributed by atoms with E-state index in [1.807, 2.05) is 39.0 Å². The third-order valence-corrected chi connectivity index (χ3v) is 3.56. The Kier molecular flexibility index (Phi) is 5.09. The van der Waals surface area contributed by atoms with E-state index in [0.717, 1.165) is 22.4 Å². The van der Waals surface area contributed by atoms with Gasteiger partial charge in [-0.05, 0) is 74.7 Å². The fraction of sp³-hybridized carbons (Fsp3) is 0.278. The largest absolute Gasteiger partial charge is 0.481 e. The predicted molar refractivity (Wildman–Crippen MR) is 90.8 cm³/mol. The fourth-order valence-corrected chi connectivity index (χ4v) is 2.49. The van der Waals surface area contributed by atoms with E-state index in [1.165, 1.54) is 0 Å².